The summed E-state index contributed by atoms with van der Waals surface area (Å²) in [5, 5.41) is 8.82. The Morgan fingerprint density at radius 3 is 2.30 bits per heavy atom. The average molecular weight is 314 g/mol. The van der Waals surface area contributed by atoms with Crippen LogP contribution in [0.1, 0.15) is 11.1 Å². The summed E-state index contributed by atoms with van der Waals surface area (Å²) in [7, 11) is 3.05. The fourth-order valence-corrected chi connectivity index (χ4v) is 2.03. The summed E-state index contributed by atoms with van der Waals surface area (Å²) >= 11 is 0. The molecule has 1 N–H and O–H groups in total. The number of carbonyl (C=O) groups is 1. The maximum Gasteiger partial charge on any atom is 0.328 e. The summed E-state index contributed by atoms with van der Waals surface area (Å²) in [5.41, 5.74) is 1.61. The Kier molecular flexibility index (Phi) is 5.63. The van der Waals surface area contributed by atoms with E-state index in [4.69, 9.17) is 19.3 Å². The number of benzene rings is 2. The van der Waals surface area contributed by atoms with Crippen LogP contribution in [0.3, 0.4) is 0 Å². The van der Waals surface area contributed by atoms with Crippen LogP contribution in [0, 0.1) is 0 Å². The third kappa shape index (κ3) is 4.51. The van der Waals surface area contributed by atoms with Gasteiger partial charge in [0.05, 0.1) is 14.2 Å². The Bertz CT molecular complexity index is 692. The maximum absolute atomic E-state index is 10.8. The van der Waals surface area contributed by atoms with Gasteiger partial charge in [0.2, 0.25) is 0 Å². The van der Waals surface area contributed by atoms with Crippen LogP contribution in [0.2, 0.25) is 0 Å². The molecule has 0 saturated heterocycles. The van der Waals surface area contributed by atoms with Gasteiger partial charge in [-0.05, 0) is 17.7 Å². The normalized spacial score (nSPS) is 10.5. The molecule has 0 aliphatic rings. The van der Waals surface area contributed by atoms with E-state index in [1.807, 2.05) is 30.3 Å². The summed E-state index contributed by atoms with van der Waals surface area (Å²) in [6.07, 6.45) is 2.52. The smallest absolute Gasteiger partial charge is 0.328 e. The first-order valence-electron chi connectivity index (χ1n) is 6.97. The van der Waals surface area contributed by atoms with E-state index >= 15 is 0 Å². The minimum atomic E-state index is -1.03. The third-order valence-corrected chi connectivity index (χ3v) is 3.16. The minimum absolute atomic E-state index is 0.365. The van der Waals surface area contributed by atoms with E-state index in [-0.39, 0.29) is 0 Å². The Hall–Kier alpha value is -2.95. The van der Waals surface area contributed by atoms with Crippen molar-refractivity contribution < 1.29 is 24.1 Å². The zero-order valence-electron chi connectivity index (χ0n) is 13.0. The molecule has 0 spiro atoms. The first-order chi connectivity index (χ1) is 11.1. The van der Waals surface area contributed by atoms with Gasteiger partial charge < -0.3 is 19.3 Å². The van der Waals surface area contributed by atoms with Gasteiger partial charge in [-0.1, -0.05) is 30.3 Å². The summed E-state index contributed by atoms with van der Waals surface area (Å²) in [6.45, 7) is 0.365. The van der Waals surface area contributed by atoms with Gasteiger partial charge in [0, 0.05) is 17.7 Å². The number of hydrogen-bond acceptors (Lipinski definition) is 4. The third-order valence-electron chi connectivity index (χ3n) is 3.16. The summed E-state index contributed by atoms with van der Waals surface area (Å²) < 4.78 is 16.3. The molecule has 0 aliphatic heterocycles. The lowest BCUT2D eigenvalue weighted by atomic mass is 10.1. The van der Waals surface area contributed by atoms with E-state index in [9.17, 15) is 4.79 Å². The fraction of sp³-hybridized carbons (Fsp3) is 0.167. The van der Waals surface area contributed by atoms with Crippen molar-refractivity contribution in [3.8, 4) is 17.2 Å². The highest BCUT2D eigenvalue weighted by Crippen LogP contribution is 2.35. The lowest BCUT2D eigenvalue weighted by molar-refractivity contribution is -0.131. The van der Waals surface area contributed by atoms with E-state index in [1.54, 1.807) is 12.1 Å². The number of carboxylic acid groups (broad SMARTS) is 1. The number of methoxy groups -OCH3 is 2. The highest BCUT2D eigenvalue weighted by molar-refractivity contribution is 5.86. The second kappa shape index (κ2) is 7.89. The summed E-state index contributed by atoms with van der Waals surface area (Å²) in [6, 6.07) is 13.1. The molecule has 0 aromatic heterocycles. The van der Waals surface area contributed by atoms with E-state index in [2.05, 4.69) is 0 Å². The Balaban J connectivity index is 2.32. The van der Waals surface area contributed by atoms with Gasteiger partial charge >= 0.3 is 5.97 Å². The molecule has 0 amide bonds. The van der Waals surface area contributed by atoms with Gasteiger partial charge in [0.25, 0.3) is 0 Å². The zero-order valence-corrected chi connectivity index (χ0v) is 13.0. The molecule has 0 aliphatic carbocycles. The molecular formula is C18H18O5. The largest absolute Gasteiger partial charge is 0.493 e. The van der Waals surface area contributed by atoms with E-state index in [0.29, 0.717) is 29.4 Å². The first kappa shape index (κ1) is 16.4. The van der Waals surface area contributed by atoms with Gasteiger partial charge in [-0.3, -0.25) is 0 Å². The molecule has 5 heteroatoms. The number of ether oxygens (including phenoxy) is 3. The molecular weight excluding hydrogens is 296 g/mol. The molecule has 2 aromatic carbocycles. The van der Waals surface area contributed by atoms with Crippen LogP contribution < -0.4 is 14.2 Å². The van der Waals surface area contributed by atoms with Crippen molar-refractivity contribution in [3.63, 3.8) is 0 Å². The molecule has 2 rings (SSSR count). The second-order valence-corrected chi connectivity index (χ2v) is 4.69. The molecule has 23 heavy (non-hydrogen) atoms. The SMILES string of the molecule is COc1cc(/C=C/C(=O)O)c(OCc2ccccc2)cc1OC. The molecule has 0 unspecified atom stereocenters. The monoisotopic (exact) mass is 314 g/mol. The first-order valence-corrected chi connectivity index (χ1v) is 6.97. The molecule has 120 valence electrons. The second-order valence-electron chi connectivity index (χ2n) is 4.69. The van der Waals surface area contributed by atoms with Crippen molar-refractivity contribution in [3.05, 3.63) is 59.7 Å². The van der Waals surface area contributed by atoms with Crippen molar-refractivity contribution in [1.29, 1.82) is 0 Å². The van der Waals surface area contributed by atoms with Crippen molar-refractivity contribution in [2.45, 2.75) is 6.61 Å². The quantitative estimate of drug-likeness (QED) is 0.794. The Morgan fingerprint density at radius 2 is 1.70 bits per heavy atom. The number of hydrogen-bond donors (Lipinski definition) is 1. The molecule has 0 heterocycles. The molecule has 0 fully saturated rings. The van der Waals surface area contributed by atoms with Crippen LogP contribution >= 0.6 is 0 Å². The zero-order chi connectivity index (χ0) is 16.7. The van der Waals surface area contributed by atoms with Crippen LogP contribution in [0.25, 0.3) is 6.08 Å². The number of aliphatic carboxylic acids is 1. The van der Waals surface area contributed by atoms with Crippen molar-refractivity contribution >= 4 is 12.0 Å². The fourth-order valence-electron chi connectivity index (χ4n) is 2.03. The standard InChI is InChI=1S/C18H18O5/c1-21-16-10-14(8-9-18(19)20)15(11-17(16)22-2)23-12-13-6-4-3-5-7-13/h3-11H,12H2,1-2H3,(H,19,20)/b9-8+. The highest BCUT2D eigenvalue weighted by Gasteiger charge is 2.11. The van der Waals surface area contributed by atoms with Crippen molar-refractivity contribution in [2.24, 2.45) is 0 Å². The molecule has 5 nitrogen and oxygen atoms in total. The van der Waals surface area contributed by atoms with E-state index in [0.717, 1.165) is 11.6 Å². The predicted octanol–water partition coefficient (Wildman–Crippen LogP) is 3.38. The number of rotatable bonds is 7. The van der Waals surface area contributed by atoms with E-state index in [1.165, 1.54) is 20.3 Å². The van der Waals surface area contributed by atoms with E-state index < -0.39 is 5.97 Å². The summed E-state index contributed by atoms with van der Waals surface area (Å²) in [5.74, 6) is 0.505. The lowest BCUT2D eigenvalue weighted by Gasteiger charge is -2.14. The van der Waals surface area contributed by atoms with Gasteiger partial charge in [0.1, 0.15) is 12.4 Å². The predicted molar refractivity (Wildman–Crippen MR) is 87.0 cm³/mol. The maximum atomic E-state index is 10.8. The van der Waals surface area contributed by atoms with Crippen LogP contribution in [0.5, 0.6) is 17.2 Å². The topological polar surface area (TPSA) is 65.0 Å². The van der Waals surface area contributed by atoms with Gasteiger partial charge in [-0.15, -0.1) is 0 Å². The van der Waals surface area contributed by atoms with Gasteiger partial charge in [-0.2, -0.15) is 0 Å². The summed E-state index contributed by atoms with van der Waals surface area (Å²) in [4.78, 5) is 10.8. The van der Waals surface area contributed by atoms with Crippen LogP contribution in [0.15, 0.2) is 48.5 Å². The van der Waals surface area contributed by atoms with Crippen LogP contribution in [-0.4, -0.2) is 25.3 Å². The average Bonchev–Trinajstić information content (AvgIpc) is 2.58. The number of carboxylic acids is 1. The van der Waals surface area contributed by atoms with Crippen molar-refractivity contribution in [2.75, 3.05) is 14.2 Å². The molecule has 0 bridgehead atoms. The van der Waals surface area contributed by atoms with Crippen LogP contribution in [0.4, 0.5) is 0 Å². The highest BCUT2D eigenvalue weighted by atomic mass is 16.5. The molecule has 2 aromatic rings. The minimum Gasteiger partial charge on any atom is -0.493 e. The van der Waals surface area contributed by atoms with Crippen molar-refractivity contribution in [1.82, 2.24) is 0 Å². The Labute approximate surface area is 134 Å². The van der Waals surface area contributed by atoms with Crippen LogP contribution in [-0.2, 0) is 11.4 Å². The molecule has 0 atom stereocenters. The molecule has 0 radical (unpaired) electrons. The molecule has 0 saturated carbocycles. The lowest BCUT2D eigenvalue weighted by Crippen LogP contribution is -1.99. The van der Waals surface area contributed by atoms with Gasteiger partial charge in [0.15, 0.2) is 11.5 Å². The Morgan fingerprint density at radius 1 is 1.04 bits per heavy atom. The van der Waals surface area contributed by atoms with Gasteiger partial charge in [-0.25, -0.2) is 4.79 Å².